The summed E-state index contributed by atoms with van der Waals surface area (Å²) in [4.78, 5) is 4.93. The van der Waals surface area contributed by atoms with Gasteiger partial charge in [-0.1, -0.05) is 215 Å². The third kappa shape index (κ3) is 6.54. The molecule has 0 unspecified atom stereocenters. The molecule has 14 rings (SSSR count). The number of para-hydroxylation sites is 2. The normalized spacial score (nSPS) is 15.2. The molecule has 0 heterocycles. The Bertz CT molecular complexity index is 4220. The Morgan fingerprint density at radius 3 is 1.23 bits per heavy atom. The van der Waals surface area contributed by atoms with E-state index >= 15 is 0 Å². The predicted octanol–water partition coefficient (Wildman–Crippen LogP) is 21.1. The highest BCUT2D eigenvalue weighted by molar-refractivity contribution is 6.20. The van der Waals surface area contributed by atoms with Crippen molar-refractivity contribution in [3.63, 3.8) is 0 Å². The first-order chi connectivity index (χ1) is 37.0. The van der Waals surface area contributed by atoms with E-state index in [0.29, 0.717) is 0 Å². The molecule has 2 nitrogen and oxygen atoms in total. The molecular weight excluding hydrogens is 929 g/mol. The van der Waals surface area contributed by atoms with E-state index in [1.165, 1.54) is 99.1 Å². The SMILES string of the molecule is CC1(C)c2ccccc2-c2ccc(N(c3ccccc3)c3ccc4c5c(ccc4c3)-c3c(c4ccc(N(c6ccccc6)c6ccc7c(c6)C(C)(C)c6ccccc6-7)cc4c4ccccc34)C5(C(C)(C)C)C(C)(C)C)cc21. The molecule has 0 saturated heterocycles. The van der Waals surface area contributed by atoms with E-state index in [1.807, 2.05) is 0 Å². The zero-order chi connectivity index (χ0) is 53.0. The van der Waals surface area contributed by atoms with E-state index in [9.17, 15) is 0 Å². The highest BCUT2D eigenvalue weighted by atomic mass is 15.1. The summed E-state index contributed by atoms with van der Waals surface area (Å²) in [7, 11) is 0. The lowest BCUT2D eigenvalue weighted by Crippen LogP contribution is -2.50. The topological polar surface area (TPSA) is 6.48 Å². The Morgan fingerprint density at radius 2 is 0.701 bits per heavy atom. The molecule has 0 aromatic heterocycles. The zero-order valence-corrected chi connectivity index (χ0v) is 46.2. The maximum absolute atomic E-state index is 2.50. The van der Waals surface area contributed by atoms with Crippen molar-refractivity contribution in [1.82, 2.24) is 0 Å². The van der Waals surface area contributed by atoms with Crippen LogP contribution in [-0.2, 0) is 16.2 Å². The molecule has 0 aliphatic heterocycles. The van der Waals surface area contributed by atoms with E-state index < -0.39 is 5.41 Å². The van der Waals surface area contributed by atoms with Crippen LogP contribution in [0, 0.1) is 10.8 Å². The third-order valence-electron chi connectivity index (χ3n) is 18.5. The van der Waals surface area contributed by atoms with Gasteiger partial charge < -0.3 is 9.80 Å². The number of anilines is 6. The minimum Gasteiger partial charge on any atom is -0.310 e. The van der Waals surface area contributed by atoms with Gasteiger partial charge in [-0.15, -0.1) is 0 Å². The van der Waals surface area contributed by atoms with Crippen LogP contribution in [0.1, 0.15) is 103 Å². The van der Waals surface area contributed by atoms with E-state index in [0.717, 1.165) is 34.1 Å². The van der Waals surface area contributed by atoms with Gasteiger partial charge >= 0.3 is 0 Å². The lowest BCUT2D eigenvalue weighted by atomic mass is 9.49. The van der Waals surface area contributed by atoms with Gasteiger partial charge in [0, 0.05) is 50.4 Å². The van der Waals surface area contributed by atoms with Crippen LogP contribution in [0.3, 0.4) is 0 Å². The molecule has 0 fully saturated rings. The summed E-state index contributed by atoms with van der Waals surface area (Å²) in [5.74, 6) is 0. The van der Waals surface area contributed by atoms with Crippen molar-refractivity contribution in [1.29, 1.82) is 0 Å². The predicted molar refractivity (Wildman–Crippen MR) is 329 cm³/mol. The molecule has 77 heavy (non-hydrogen) atoms. The maximum Gasteiger partial charge on any atom is 0.0468 e. The number of rotatable bonds is 6. The molecule has 0 saturated carbocycles. The van der Waals surface area contributed by atoms with Crippen LogP contribution in [0.15, 0.2) is 218 Å². The van der Waals surface area contributed by atoms with Gasteiger partial charge in [-0.3, -0.25) is 0 Å². The molecule has 0 bridgehead atoms. The van der Waals surface area contributed by atoms with Crippen LogP contribution in [0.5, 0.6) is 0 Å². The number of benzene rings is 11. The Morgan fingerprint density at radius 1 is 0.286 bits per heavy atom. The Labute approximate surface area is 455 Å². The standard InChI is InChI=1S/C75H66N2/c1-71(2,3)75(72(4,5)6)69-54-39-34-50(76(48-23-13-11-14-24-48)52-35-40-58-56-28-19-21-31-64(56)73(7,8)66(58)45-52)43-47(54)33-38-62(69)68-60-30-18-17-27-55(60)63-44-51(37-42-61(63)70(68)75)77(49-25-15-12-16-26-49)53-36-41-59-57-29-20-22-32-65(57)74(9,10)67(59)46-53/h11-46H,1-10H3. The van der Waals surface area contributed by atoms with Gasteiger partial charge in [-0.2, -0.15) is 0 Å². The summed E-state index contributed by atoms with van der Waals surface area (Å²) in [5, 5.41) is 7.75. The minimum absolute atomic E-state index is 0.114. The van der Waals surface area contributed by atoms with Crippen molar-refractivity contribution < 1.29 is 0 Å². The lowest BCUT2D eigenvalue weighted by Gasteiger charge is -2.54. The molecule has 376 valence electrons. The molecule has 0 amide bonds. The Kier molecular flexibility index (Phi) is 10.1. The molecule has 0 atom stereocenters. The van der Waals surface area contributed by atoms with Gasteiger partial charge in [0.2, 0.25) is 0 Å². The quantitative estimate of drug-likeness (QED) is 0.153. The zero-order valence-electron chi connectivity index (χ0n) is 46.2. The lowest BCUT2D eigenvalue weighted by molar-refractivity contribution is 0.0977. The first kappa shape index (κ1) is 47.3. The van der Waals surface area contributed by atoms with Crippen molar-refractivity contribution >= 4 is 66.4 Å². The molecule has 3 aliphatic carbocycles. The average molecular weight is 995 g/mol. The first-order valence-corrected chi connectivity index (χ1v) is 27.8. The van der Waals surface area contributed by atoms with E-state index in [-0.39, 0.29) is 21.7 Å². The molecule has 3 aliphatic rings. The largest absolute Gasteiger partial charge is 0.310 e. The fourth-order valence-electron chi connectivity index (χ4n) is 15.5. The fraction of sp³-hybridized carbons (Fsp3) is 0.200. The monoisotopic (exact) mass is 995 g/mol. The second kappa shape index (κ2) is 16.4. The van der Waals surface area contributed by atoms with Crippen molar-refractivity contribution in [3.8, 4) is 33.4 Å². The maximum atomic E-state index is 2.50. The molecule has 0 spiro atoms. The Hall–Kier alpha value is -8.20. The summed E-state index contributed by atoms with van der Waals surface area (Å²) in [6.45, 7) is 24.5. The van der Waals surface area contributed by atoms with E-state index in [4.69, 9.17) is 0 Å². The summed E-state index contributed by atoms with van der Waals surface area (Å²) in [6, 6.07) is 82.8. The van der Waals surface area contributed by atoms with Crippen LogP contribution in [0.25, 0.3) is 65.7 Å². The fourth-order valence-corrected chi connectivity index (χ4v) is 15.5. The van der Waals surface area contributed by atoms with Gasteiger partial charge in [0.1, 0.15) is 0 Å². The highest BCUT2D eigenvalue weighted by Gasteiger charge is 2.59. The molecular formula is C75H66N2. The van der Waals surface area contributed by atoms with Gasteiger partial charge in [0.05, 0.1) is 0 Å². The number of fused-ring (bicyclic) bond motifs is 16. The van der Waals surface area contributed by atoms with Gasteiger partial charge in [0.25, 0.3) is 0 Å². The highest BCUT2D eigenvalue weighted by Crippen LogP contribution is 2.69. The van der Waals surface area contributed by atoms with Crippen LogP contribution in [0.2, 0.25) is 0 Å². The Balaban J connectivity index is 0.975. The number of hydrogen-bond acceptors (Lipinski definition) is 2. The second-order valence-electron chi connectivity index (χ2n) is 25.3. The van der Waals surface area contributed by atoms with Crippen molar-refractivity contribution in [2.45, 2.75) is 85.5 Å². The van der Waals surface area contributed by atoms with Gasteiger partial charge in [-0.25, -0.2) is 0 Å². The number of nitrogens with zero attached hydrogens (tertiary/aromatic N) is 2. The molecule has 11 aromatic rings. The van der Waals surface area contributed by atoms with Crippen LogP contribution in [0.4, 0.5) is 34.1 Å². The third-order valence-corrected chi connectivity index (χ3v) is 18.5. The first-order valence-electron chi connectivity index (χ1n) is 27.8. The van der Waals surface area contributed by atoms with Crippen molar-refractivity contribution in [2.75, 3.05) is 9.80 Å². The van der Waals surface area contributed by atoms with E-state index in [2.05, 4.69) is 297 Å². The van der Waals surface area contributed by atoms with Gasteiger partial charge in [-0.05, 0) is 183 Å². The molecule has 11 aromatic carbocycles. The molecule has 2 heteroatoms. The molecule has 0 radical (unpaired) electrons. The summed E-state index contributed by atoms with van der Waals surface area (Å²) >= 11 is 0. The van der Waals surface area contributed by atoms with Gasteiger partial charge in [0.15, 0.2) is 0 Å². The summed E-state index contributed by atoms with van der Waals surface area (Å²) in [6.07, 6.45) is 0. The van der Waals surface area contributed by atoms with Crippen molar-refractivity contribution in [3.05, 3.63) is 252 Å². The second-order valence-corrected chi connectivity index (χ2v) is 25.3. The smallest absolute Gasteiger partial charge is 0.0468 e. The van der Waals surface area contributed by atoms with Crippen LogP contribution in [-0.4, -0.2) is 0 Å². The van der Waals surface area contributed by atoms with Crippen molar-refractivity contribution in [2.24, 2.45) is 10.8 Å². The van der Waals surface area contributed by atoms with Crippen LogP contribution < -0.4 is 9.80 Å². The van der Waals surface area contributed by atoms with E-state index in [1.54, 1.807) is 0 Å². The summed E-state index contributed by atoms with van der Waals surface area (Å²) in [5.41, 5.74) is 22.3. The average Bonchev–Trinajstić information content (AvgIpc) is 4.21. The number of hydrogen-bond donors (Lipinski definition) is 0. The minimum atomic E-state index is -0.408. The van der Waals surface area contributed by atoms with Crippen LogP contribution >= 0.6 is 0 Å². The molecule has 0 N–H and O–H groups in total. The summed E-state index contributed by atoms with van der Waals surface area (Å²) < 4.78 is 0.